The van der Waals surface area contributed by atoms with Crippen LogP contribution in [0.15, 0.2) is 48.5 Å². The van der Waals surface area contributed by atoms with E-state index in [4.69, 9.17) is 0 Å². The van der Waals surface area contributed by atoms with Crippen LogP contribution in [-0.2, 0) is 6.54 Å². The predicted octanol–water partition coefficient (Wildman–Crippen LogP) is 3.82. The molecule has 0 unspecified atom stereocenters. The molecular formula is C17H22N2. The molecule has 0 amide bonds. The van der Waals surface area contributed by atoms with Gasteiger partial charge in [-0.15, -0.1) is 0 Å². The summed E-state index contributed by atoms with van der Waals surface area (Å²) >= 11 is 0. The molecule has 19 heavy (non-hydrogen) atoms. The summed E-state index contributed by atoms with van der Waals surface area (Å²) in [6, 6.07) is 17.3. The van der Waals surface area contributed by atoms with E-state index in [1.165, 1.54) is 22.5 Å². The van der Waals surface area contributed by atoms with E-state index in [1.54, 1.807) is 0 Å². The summed E-state index contributed by atoms with van der Waals surface area (Å²) < 4.78 is 0. The van der Waals surface area contributed by atoms with Gasteiger partial charge in [-0.05, 0) is 56.4 Å². The van der Waals surface area contributed by atoms with Crippen LogP contribution in [0.2, 0.25) is 0 Å². The summed E-state index contributed by atoms with van der Waals surface area (Å²) in [4.78, 5) is 4.39. The minimum absolute atomic E-state index is 0.981. The average molecular weight is 254 g/mol. The first kappa shape index (κ1) is 13.6. The average Bonchev–Trinajstić information content (AvgIpc) is 2.38. The Morgan fingerprint density at radius 3 is 2.11 bits per heavy atom. The Morgan fingerprint density at radius 2 is 1.53 bits per heavy atom. The number of rotatable bonds is 4. The molecule has 100 valence electrons. The number of hydrogen-bond acceptors (Lipinski definition) is 2. The lowest BCUT2D eigenvalue weighted by atomic mass is 10.1. The Kier molecular flexibility index (Phi) is 4.23. The molecule has 0 aliphatic heterocycles. The van der Waals surface area contributed by atoms with E-state index in [2.05, 4.69) is 86.4 Å². The minimum Gasteiger partial charge on any atom is -0.345 e. The van der Waals surface area contributed by atoms with E-state index >= 15 is 0 Å². The van der Waals surface area contributed by atoms with Crippen LogP contribution in [0.1, 0.15) is 11.1 Å². The van der Waals surface area contributed by atoms with Crippen LogP contribution in [0.25, 0.3) is 0 Å². The van der Waals surface area contributed by atoms with Gasteiger partial charge < -0.3 is 9.80 Å². The molecule has 0 saturated carbocycles. The summed E-state index contributed by atoms with van der Waals surface area (Å²) in [6.45, 7) is 3.10. The molecule has 2 rings (SSSR count). The largest absolute Gasteiger partial charge is 0.345 e. The molecule has 0 aromatic heterocycles. The maximum absolute atomic E-state index is 2.21. The first-order valence-electron chi connectivity index (χ1n) is 6.60. The number of hydrogen-bond donors (Lipinski definition) is 0. The summed E-state index contributed by atoms with van der Waals surface area (Å²) in [7, 11) is 6.29. The van der Waals surface area contributed by atoms with E-state index in [-0.39, 0.29) is 0 Å². The van der Waals surface area contributed by atoms with Crippen molar-refractivity contribution >= 4 is 11.4 Å². The summed E-state index contributed by atoms with van der Waals surface area (Å²) in [5.74, 6) is 0. The number of aryl methyl sites for hydroxylation is 1. The van der Waals surface area contributed by atoms with Gasteiger partial charge in [-0.3, -0.25) is 0 Å². The quantitative estimate of drug-likeness (QED) is 0.818. The van der Waals surface area contributed by atoms with E-state index in [1.807, 2.05) is 0 Å². The normalized spacial score (nSPS) is 10.8. The van der Waals surface area contributed by atoms with Crippen LogP contribution in [0.5, 0.6) is 0 Å². The topological polar surface area (TPSA) is 6.48 Å². The highest BCUT2D eigenvalue weighted by Crippen LogP contribution is 2.24. The van der Waals surface area contributed by atoms with Gasteiger partial charge in [-0.25, -0.2) is 0 Å². The monoisotopic (exact) mass is 254 g/mol. The van der Waals surface area contributed by atoms with Crippen molar-refractivity contribution in [2.45, 2.75) is 13.5 Å². The number of anilines is 2. The van der Waals surface area contributed by atoms with Gasteiger partial charge in [-0.2, -0.15) is 0 Å². The first-order valence-corrected chi connectivity index (χ1v) is 6.60. The van der Waals surface area contributed by atoms with E-state index in [9.17, 15) is 0 Å². The molecule has 0 saturated heterocycles. The van der Waals surface area contributed by atoms with Crippen molar-refractivity contribution in [3.8, 4) is 0 Å². The highest BCUT2D eigenvalue weighted by Gasteiger charge is 2.04. The Hall–Kier alpha value is -1.80. The fraction of sp³-hybridized carbons (Fsp3) is 0.294. The lowest BCUT2D eigenvalue weighted by Gasteiger charge is -2.20. The zero-order chi connectivity index (χ0) is 13.8. The van der Waals surface area contributed by atoms with E-state index in [0.717, 1.165) is 6.54 Å². The van der Waals surface area contributed by atoms with Gasteiger partial charge in [0.1, 0.15) is 0 Å². The van der Waals surface area contributed by atoms with Crippen molar-refractivity contribution in [2.75, 3.05) is 26.0 Å². The number of nitrogens with zero attached hydrogens (tertiary/aromatic N) is 2. The van der Waals surface area contributed by atoms with Crippen molar-refractivity contribution in [1.29, 1.82) is 0 Å². The smallest absolute Gasteiger partial charge is 0.0410 e. The third kappa shape index (κ3) is 3.58. The maximum atomic E-state index is 2.21. The van der Waals surface area contributed by atoms with Gasteiger partial charge in [0.15, 0.2) is 0 Å². The van der Waals surface area contributed by atoms with E-state index < -0.39 is 0 Å². The van der Waals surface area contributed by atoms with Crippen LogP contribution in [-0.4, -0.2) is 26.0 Å². The van der Waals surface area contributed by atoms with Crippen LogP contribution < -0.4 is 4.90 Å². The van der Waals surface area contributed by atoms with Gasteiger partial charge in [0, 0.05) is 25.0 Å². The van der Waals surface area contributed by atoms with Crippen molar-refractivity contribution in [1.82, 2.24) is 4.90 Å². The fourth-order valence-corrected chi connectivity index (χ4v) is 2.18. The second-order valence-corrected chi connectivity index (χ2v) is 5.30. The molecule has 0 radical (unpaired) electrons. The highest BCUT2D eigenvalue weighted by molar-refractivity contribution is 5.63. The summed E-state index contributed by atoms with van der Waals surface area (Å²) in [6.07, 6.45) is 0. The molecule has 2 aromatic rings. The molecule has 0 spiro atoms. The zero-order valence-corrected chi connectivity index (χ0v) is 12.2. The van der Waals surface area contributed by atoms with Crippen LogP contribution in [0.3, 0.4) is 0 Å². The molecule has 2 aromatic carbocycles. The van der Waals surface area contributed by atoms with Crippen molar-refractivity contribution in [3.63, 3.8) is 0 Å². The lowest BCUT2D eigenvalue weighted by molar-refractivity contribution is 0.402. The lowest BCUT2D eigenvalue weighted by Crippen LogP contribution is -2.12. The van der Waals surface area contributed by atoms with Crippen molar-refractivity contribution in [2.24, 2.45) is 0 Å². The fourth-order valence-electron chi connectivity index (χ4n) is 2.18. The van der Waals surface area contributed by atoms with Crippen molar-refractivity contribution in [3.05, 3.63) is 59.7 Å². The molecule has 2 nitrogen and oxygen atoms in total. The standard InChI is InChI=1S/C17H22N2/c1-14-6-5-7-17(12-14)19(4)16-10-8-15(9-11-16)13-18(2)3/h5-12H,13H2,1-4H3. The Labute approximate surface area is 116 Å². The molecule has 0 bridgehead atoms. The highest BCUT2D eigenvalue weighted by atomic mass is 15.1. The number of benzene rings is 2. The van der Waals surface area contributed by atoms with Crippen molar-refractivity contribution < 1.29 is 0 Å². The molecule has 0 aliphatic rings. The molecule has 2 heteroatoms. The van der Waals surface area contributed by atoms with Crippen LogP contribution in [0.4, 0.5) is 11.4 Å². The van der Waals surface area contributed by atoms with Gasteiger partial charge in [0.25, 0.3) is 0 Å². The second-order valence-electron chi connectivity index (χ2n) is 5.30. The molecule has 0 atom stereocenters. The molecule has 0 heterocycles. The van der Waals surface area contributed by atoms with Gasteiger partial charge >= 0.3 is 0 Å². The SMILES string of the molecule is Cc1cccc(N(C)c2ccc(CN(C)C)cc2)c1. The Bertz CT molecular complexity index is 529. The van der Waals surface area contributed by atoms with Gasteiger partial charge in [0.2, 0.25) is 0 Å². The Morgan fingerprint density at radius 1 is 0.842 bits per heavy atom. The third-order valence-corrected chi connectivity index (χ3v) is 3.21. The second kappa shape index (κ2) is 5.89. The summed E-state index contributed by atoms with van der Waals surface area (Å²) in [5, 5.41) is 0. The maximum Gasteiger partial charge on any atom is 0.0410 e. The summed E-state index contributed by atoms with van der Waals surface area (Å²) in [5.41, 5.74) is 5.06. The predicted molar refractivity (Wildman–Crippen MR) is 83.1 cm³/mol. The van der Waals surface area contributed by atoms with Crippen LogP contribution >= 0.6 is 0 Å². The zero-order valence-electron chi connectivity index (χ0n) is 12.2. The van der Waals surface area contributed by atoms with Gasteiger partial charge in [0.05, 0.1) is 0 Å². The Balaban J connectivity index is 2.17. The van der Waals surface area contributed by atoms with Gasteiger partial charge in [-0.1, -0.05) is 24.3 Å². The first-order chi connectivity index (χ1) is 9.06. The molecule has 0 fully saturated rings. The minimum atomic E-state index is 0.981. The third-order valence-electron chi connectivity index (χ3n) is 3.21. The molecule has 0 aliphatic carbocycles. The molecular weight excluding hydrogens is 232 g/mol. The molecule has 0 N–H and O–H groups in total. The van der Waals surface area contributed by atoms with Crippen LogP contribution in [0, 0.1) is 6.92 Å². The van der Waals surface area contributed by atoms with E-state index in [0.29, 0.717) is 0 Å².